The summed E-state index contributed by atoms with van der Waals surface area (Å²) in [4.78, 5) is 10.4. The number of likely N-dealkylation sites (tertiary alicyclic amines) is 1. The van der Waals surface area contributed by atoms with Gasteiger partial charge in [-0.2, -0.15) is 0 Å². The van der Waals surface area contributed by atoms with Crippen LogP contribution in [-0.2, 0) is 0 Å². The molecule has 25 heavy (non-hydrogen) atoms. The van der Waals surface area contributed by atoms with Crippen LogP contribution in [0.3, 0.4) is 0 Å². The summed E-state index contributed by atoms with van der Waals surface area (Å²) < 4.78 is 11.5. The molecule has 2 aromatic carbocycles. The van der Waals surface area contributed by atoms with Gasteiger partial charge in [-0.3, -0.25) is 4.90 Å². The lowest BCUT2D eigenvalue weighted by Crippen LogP contribution is -2.25. The molecule has 5 heteroatoms. The molecule has 1 saturated heterocycles. The number of fused-ring (bicyclic) bond motifs is 1. The van der Waals surface area contributed by atoms with Crippen molar-refractivity contribution >= 4 is 11.0 Å². The largest absolute Gasteiger partial charge is 0.493 e. The van der Waals surface area contributed by atoms with Gasteiger partial charge in [0.2, 0.25) is 0 Å². The topological polar surface area (TPSA) is 50.4 Å². The summed E-state index contributed by atoms with van der Waals surface area (Å²) in [5.41, 5.74) is 2.98. The molecule has 0 unspecified atom stereocenters. The van der Waals surface area contributed by atoms with Gasteiger partial charge in [0.15, 0.2) is 11.5 Å². The normalized spacial score (nSPS) is 14.9. The predicted octanol–water partition coefficient (Wildman–Crippen LogP) is 3.71. The summed E-state index contributed by atoms with van der Waals surface area (Å²) >= 11 is 0. The van der Waals surface area contributed by atoms with Gasteiger partial charge in [-0.05, 0) is 56.3 Å². The fraction of sp³-hybridized carbons (Fsp3) is 0.350. The molecule has 3 aromatic rings. The van der Waals surface area contributed by atoms with E-state index in [-0.39, 0.29) is 0 Å². The predicted molar refractivity (Wildman–Crippen MR) is 99.3 cm³/mol. The number of aromatic amines is 1. The van der Waals surface area contributed by atoms with Gasteiger partial charge in [-0.15, -0.1) is 0 Å². The SMILES string of the molecule is COc1cc(-c2nc3ccccc3[nH]2)ccc1OCCN1CCCC1. The maximum Gasteiger partial charge on any atom is 0.161 e. The maximum atomic E-state index is 5.94. The fourth-order valence-electron chi connectivity index (χ4n) is 3.31. The molecule has 0 bridgehead atoms. The highest BCUT2D eigenvalue weighted by Gasteiger charge is 2.13. The summed E-state index contributed by atoms with van der Waals surface area (Å²) in [6, 6.07) is 14.0. The smallest absolute Gasteiger partial charge is 0.161 e. The van der Waals surface area contributed by atoms with Crippen LogP contribution >= 0.6 is 0 Å². The summed E-state index contributed by atoms with van der Waals surface area (Å²) in [6.07, 6.45) is 2.60. The molecule has 130 valence electrons. The third-order valence-corrected chi connectivity index (χ3v) is 4.69. The molecule has 2 heterocycles. The third kappa shape index (κ3) is 3.46. The number of H-pyrrole nitrogens is 1. The Labute approximate surface area is 147 Å². The Morgan fingerprint density at radius 3 is 2.72 bits per heavy atom. The molecule has 0 radical (unpaired) electrons. The average Bonchev–Trinajstić information content (AvgIpc) is 3.31. The van der Waals surface area contributed by atoms with Gasteiger partial charge in [0.05, 0.1) is 18.1 Å². The molecule has 0 aliphatic carbocycles. The van der Waals surface area contributed by atoms with Crippen LogP contribution in [-0.4, -0.2) is 48.2 Å². The number of hydrogen-bond donors (Lipinski definition) is 1. The minimum absolute atomic E-state index is 0.681. The zero-order valence-corrected chi connectivity index (χ0v) is 14.5. The van der Waals surface area contributed by atoms with Crippen molar-refractivity contribution in [3.8, 4) is 22.9 Å². The minimum atomic E-state index is 0.681. The van der Waals surface area contributed by atoms with Gasteiger partial charge in [0.1, 0.15) is 12.4 Å². The van der Waals surface area contributed by atoms with Crippen molar-refractivity contribution in [2.45, 2.75) is 12.8 Å². The fourth-order valence-corrected chi connectivity index (χ4v) is 3.31. The number of ether oxygens (including phenoxy) is 2. The summed E-state index contributed by atoms with van der Waals surface area (Å²) in [7, 11) is 1.67. The zero-order chi connectivity index (χ0) is 17.1. The zero-order valence-electron chi connectivity index (χ0n) is 14.5. The number of rotatable bonds is 6. The Hall–Kier alpha value is -2.53. The number of nitrogens with one attached hydrogen (secondary N) is 1. The number of para-hydroxylation sites is 2. The van der Waals surface area contributed by atoms with Crippen LogP contribution in [0.5, 0.6) is 11.5 Å². The first-order valence-corrected chi connectivity index (χ1v) is 8.82. The standard InChI is InChI=1S/C20H23N3O2/c1-24-19-14-15(20-21-16-6-2-3-7-17(16)22-20)8-9-18(19)25-13-12-23-10-4-5-11-23/h2-3,6-9,14H,4-5,10-13H2,1H3,(H,21,22). The minimum Gasteiger partial charge on any atom is -0.493 e. The second-order valence-electron chi connectivity index (χ2n) is 6.37. The highest BCUT2D eigenvalue weighted by molar-refractivity contribution is 5.79. The molecular formula is C20H23N3O2. The average molecular weight is 337 g/mol. The number of nitrogens with zero attached hydrogens (tertiary/aromatic N) is 2. The molecule has 1 aliphatic rings. The molecule has 1 fully saturated rings. The Balaban J connectivity index is 1.50. The van der Waals surface area contributed by atoms with Gasteiger partial charge in [-0.25, -0.2) is 4.98 Å². The van der Waals surface area contributed by atoms with E-state index in [4.69, 9.17) is 9.47 Å². The molecule has 4 rings (SSSR count). The van der Waals surface area contributed by atoms with E-state index in [1.165, 1.54) is 25.9 Å². The first-order valence-electron chi connectivity index (χ1n) is 8.82. The third-order valence-electron chi connectivity index (χ3n) is 4.69. The summed E-state index contributed by atoms with van der Waals surface area (Å²) in [5, 5.41) is 0. The molecule has 1 aromatic heterocycles. The molecular weight excluding hydrogens is 314 g/mol. The van der Waals surface area contributed by atoms with E-state index in [0.717, 1.165) is 40.5 Å². The van der Waals surface area contributed by atoms with Crippen LogP contribution in [0.15, 0.2) is 42.5 Å². The molecule has 1 aliphatic heterocycles. The number of methoxy groups -OCH3 is 1. The van der Waals surface area contributed by atoms with Crippen LogP contribution in [0.25, 0.3) is 22.4 Å². The van der Waals surface area contributed by atoms with E-state index in [1.807, 2.05) is 42.5 Å². The van der Waals surface area contributed by atoms with Gasteiger partial charge >= 0.3 is 0 Å². The van der Waals surface area contributed by atoms with E-state index >= 15 is 0 Å². The number of hydrogen-bond acceptors (Lipinski definition) is 4. The van der Waals surface area contributed by atoms with Crippen LogP contribution in [0.4, 0.5) is 0 Å². The molecule has 1 N–H and O–H groups in total. The Bertz CT molecular complexity index is 820. The van der Waals surface area contributed by atoms with E-state index < -0.39 is 0 Å². The van der Waals surface area contributed by atoms with Gasteiger partial charge in [-0.1, -0.05) is 12.1 Å². The lowest BCUT2D eigenvalue weighted by molar-refractivity contribution is 0.230. The second kappa shape index (κ2) is 7.15. The summed E-state index contributed by atoms with van der Waals surface area (Å²) in [5.74, 6) is 2.35. The molecule has 5 nitrogen and oxygen atoms in total. The Morgan fingerprint density at radius 1 is 1.08 bits per heavy atom. The van der Waals surface area contributed by atoms with Crippen molar-refractivity contribution in [3.05, 3.63) is 42.5 Å². The number of benzene rings is 2. The van der Waals surface area contributed by atoms with E-state index in [1.54, 1.807) is 7.11 Å². The van der Waals surface area contributed by atoms with E-state index in [2.05, 4.69) is 14.9 Å². The lowest BCUT2D eigenvalue weighted by atomic mass is 10.2. The van der Waals surface area contributed by atoms with Crippen molar-refractivity contribution in [1.29, 1.82) is 0 Å². The second-order valence-corrected chi connectivity index (χ2v) is 6.37. The molecule has 0 saturated carbocycles. The maximum absolute atomic E-state index is 5.94. The van der Waals surface area contributed by atoms with Gasteiger partial charge in [0.25, 0.3) is 0 Å². The quantitative estimate of drug-likeness (QED) is 0.745. The highest BCUT2D eigenvalue weighted by Crippen LogP contribution is 2.32. The van der Waals surface area contributed by atoms with Crippen LogP contribution in [0, 0.1) is 0 Å². The Kier molecular flexibility index (Phi) is 4.57. The lowest BCUT2D eigenvalue weighted by Gasteiger charge is -2.16. The van der Waals surface area contributed by atoms with Crippen LogP contribution in [0.1, 0.15) is 12.8 Å². The van der Waals surface area contributed by atoms with Crippen molar-refractivity contribution in [3.63, 3.8) is 0 Å². The number of aromatic nitrogens is 2. The molecule has 0 atom stereocenters. The van der Waals surface area contributed by atoms with Crippen molar-refractivity contribution in [2.75, 3.05) is 33.4 Å². The van der Waals surface area contributed by atoms with Crippen molar-refractivity contribution in [2.24, 2.45) is 0 Å². The Morgan fingerprint density at radius 2 is 1.92 bits per heavy atom. The van der Waals surface area contributed by atoms with Crippen LogP contribution < -0.4 is 9.47 Å². The van der Waals surface area contributed by atoms with Gasteiger partial charge in [0, 0.05) is 12.1 Å². The number of imidazole rings is 1. The summed E-state index contributed by atoms with van der Waals surface area (Å²) in [6.45, 7) is 4.02. The molecule has 0 spiro atoms. The molecule has 0 amide bonds. The van der Waals surface area contributed by atoms with Gasteiger partial charge < -0.3 is 14.5 Å². The van der Waals surface area contributed by atoms with E-state index in [0.29, 0.717) is 6.61 Å². The first-order chi connectivity index (χ1) is 12.3. The van der Waals surface area contributed by atoms with E-state index in [9.17, 15) is 0 Å². The van der Waals surface area contributed by atoms with Crippen LogP contribution in [0.2, 0.25) is 0 Å². The highest BCUT2D eigenvalue weighted by atomic mass is 16.5. The monoisotopic (exact) mass is 337 g/mol. The van der Waals surface area contributed by atoms with Crippen molar-refractivity contribution in [1.82, 2.24) is 14.9 Å². The first kappa shape index (κ1) is 16.0. The van der Waals surface area contributed by atoms with Crippen molar-refractivity contribution < 1.29 is 9.47 Å².